The zero-order valence-corrected chi connectivity index (χ0v) is 18.0. The maximum absolute atomic E-state index is 12.7. The van der Waals surface area contributed by atoms with Gasteiger partial charge >= 0.3 is 5.97 Å². The maximum Gasteiger partial charge on any atom is 0.341 e. The Kier molecular flexibility index (Phi) is 6.83. The number of likely N-dealkylation sites (tertiary alicyclic amines) is 1. The lowest BCUT2D eigenvalue weighted by Gasteiger charge is -2.30. The van der Waals surface area contributed by atoms with Gasteiger partial charge in [-0.25, -0.2) is 4.79 Å². The number of carbonyl (C=O) groups excluding carboxylic acids is 3. The van der Waals surface area contributed by atoms with Crippen LogP contribution in [0.25, 0.3) is 0 Å². The van der Waals surface area contributed by atoms with Gasteiger partial charge in [-0.2, -0.15) is 4.98 Å². The molecule has 1 aliphatic heterocycles. The van der Waals surface area contributed by atoms with Crippen LogP contribution in [0.4, 0.5) is 5.00 Å². The molecular weight excluding hydrogens is 410 g/mol. The number of amides is 2. The van der Waals surface area contributed by atoms with Crippen molar-refractivity contribution in [3.05, 3.63) is 27.7 Å². The number of piperidine rings is 1. The lowest BCUT2D eigenvalue weighted by molar-refractivity contribution is -0.117. The number of hydrogen-bond acceptors (Lipinski definition) is 9. The molecule has 1 aliphatic rings. The Morgan fingerprint density at radius 3 is 2.77 bits per heavy atom. The third kappa shape index (κ3) is 4.85. The number of anilines is 1. The summed E-state index contributed by atoms with van der Waals surface area (Å²) in [6.45, 7) is 6.76. The van der Waals surface area contributed by atoms with Gasteiger partial charge in [-0.1, -0.05) is 5.16 Å². The highest BCUT2D eigenvalue weighted by atomic mass is 32.1. The van der Waals surface area contributed by atoms with Gasteiger partial charge in [0.1, 0.15) is 5.00 Å². The summed E-state index contributed by atoms with van der Waals surface area (Å²) >= 11 is 0.980. The van der Waals surface area contributed by atoms with Crippen LogP contribution in [0.1, 0.15) is 63.0 Å². The average molecular weight is 436 g/mol. The van der Waals surface area contributed by atoms with E-state index >= 15 is 0 Å². The lowest BCUT2D eigenvalue weighted by atomic mass is 9.98. The van der Waals surface area contributed by atoms with Crippen LogP contribution in [-0.2, 0) is 9.53 Å². The molecule has 11 heteroatoms. The highest BCUT2D eigenvalue weighted by Gasteiger charge is 2.29. The van der Waals surface area contributed by atoms with Crippen molar-refractivity contribution in [2.24, 2.45) is 5.73 Å². The largest absolute Gasteiger partial charge is 0.462 e. The number of esters is 1. The summed E-state index contributed by atoms with van der Waals surface area (Å²) in [7, 11) is 0. The van der Waals surface area contributed by atoms with Crippen LogP contribution in [0.3, 0.4) is 0 Å². The molecule has 1 saturated heterocycles. The first-order valence-electron chi connectivity index (χ1n) is 9.72. The number of hydrogen-bond donors (Lipinski definition) is 2. The van der Waals surface area contributed by atoms with Crippen LogP contribution in [0.5, 0.6) is 0 Å². The molecule has 30 heavy (non-hydrogen) atoms. The zero-order valence-electron chi connectivity index (χ0n) is 17.2. The summed E-state index contributed by atoms with van der Waals surface area (Å²) in [5.41, 5.74) is 5.98. The van der Waals surface area contributed by atoms with Crippen molar-refractivity contribution in [3.63, 3.8) is 0 Å². The first kappa shape index (κ1) is 21.9. The number of nitrogens with zero attached hydrogens (tertiary/aromatic N) is 3. The van der Waals surface area contributed by atoms with Crippen LogP contribution >= 0.6 is 11.3 Å². The van der Waals surface area contributed by atoms with Gasteiger partial charge in [0, 0.05) is 6.54 Å². The van der Waals surface area contributed by atoms with Crippen molar-refractivity contribution in [2.45, 2.75) is 39.5 Å². The first-order chi connectivity index (χ1) is 14.3. The lowest BCUT2D eigenvalue weighted by Crippen LogP contribution is -2.39. The Balaban J connectivity index is 1.70. The van der Waals surface area contributed by atoms with Crippen LogP contribution in [0, 0.1) is 13.8 Å². The van der Waals surface area contributed by atoms with Crippen LogP contribution in [0.15, 0.2) is 4.52 Å². The second kappa shape index (κ2) is 9.35. The highest BCUT2D eigenvalue weighted by molar-refractivity contribution is 7.18. The molecule has 2 aromatic rings. The van der Waals surface area contributed by atoms with Crippen molar-refractivity contribution < 1.29 is 23.6 Å². The summed E-state index contributed by atoms with van der Waals surface area (Å²) in [6, 6.07) is 0. The first-order valence-corrected chi connectivity index (χ1v) is 10.5. The van der Waals surface area contributed by atoms with E-state index in [0.29, 0.717) is 23.8 Å². The minimum absolute atomic E-state index is 0.0771. The molecule has 1 fully saturated rings. The quantitative estimate of drug-likeness (QED) is 0.628. The van der Waals surface area contributed by atoms with E-state index < -0.39 is 11.9 Å². The van der Waals surface area contributed by atoms with Crippen LogP contribution in [0.2, 0.25) is 0 Å². The third-order valence-corrected chi connectivity index (χ3v) is 6.09. The zero-order chi connectivity index (χ0) is 21.8. The van der Waals surface area contributed by atoms with Crippen molar-refractivity contribution in [1.82, 2.24) is 15.0 Å². The highest BCUT2D eigenvalue weighted by Crippen LogP contribution is 2.33. The minimum atomic E-state index is -0.655. The number of nitrogens with two attached hydrogens (primary N) is 1. The molecule has 2 amide bonds. The molecule has 3 heterocycles. The number of primary amides is 1. The summed E-state index contributed by atoms with van der Waals surface area (Å²) in [5.74, 6) is -0.295. The molecule has 1 unspecified atom stereocenters. The molecule has 0 aromatic carbocycles. The fourth-order valence-electron chi connectivity index (χ4n) is 3.53. The van der Waals surface area contributed by atoms with Gasteiger partial charge in [-0.15, -0.1) is 11.3 Å². The van der Waals surface area contributed by atoms with Crippen LogP contribution < -0.4 is 11.1 Å². The van der Waals surface area contributed by atoms with Crippen molar-refractivity contribution in [3.8, 4) is 0 Å². The summed E-state index contributed by atoms with van der Waals surface area (Å²) in [4.78, 5) is 43.2. The second-order valence-electron chi connectivity index (χ2n) is 7.15. The molecule has 0 radical (unpaired) electrons. The van der Waals surface area contributed by atoms with E-state index in [1.54, 1.807) is 20.8 Å². The summed E-state index contributed by atoms with van der Waals surface area (Å²) < 4.78 is 10.3. The predicted molar refractivity (Wildman–Crippen MR) is 110 cm³/mol. The number of aryl methyl sites for hydroxylation is 1. The molecule has 1 atom stereocenters. The SMILES string of the molecule is CCOC(=O)c1c(NC(=O)CN2CCCC(c3nc(C)no3)C2)sc(C(N)=O)c1C. The van der Waals surface area contributed by atoms with E-state index in [-0.39, 0.29) is 40.4 Å². The molecule has 3 rings (SSSR count). The molecule has 2 aromatic heterocycles. The minimum Gasteiger partial charge on any atom is -0.462 e. The molecule has 0 saturated carbocycles. The van der Waals surface area contributed by atoms with E-state index in [4.69, 9.17) is 15.0 Å². The second-order valence-corrected chi connectivity index (χ2v) is 8.17. The van der Waals surface area contributed by atoms with Gasteiger partial charge in [-0.3, -0.25) is 14.5 Å². The molecular formula is C19H25N5O5S. The van der Waals surface area contributed by atoms with Gasteiger partial charge in [0.25, 0.3) is 5.91 Å². The Hall–Kier alpha value is -2.79. The summed E-state index contributed by atoms with van der Waals surface area (Å²) in [5, 5.41) is 6.85. The smallest absolute Gasteiger partial charge is 0.341 e. The van der Waals surface area contributed by atoms with E-state index in [2.05, 4.69) is 15.5 Å². The summed E-state index contributed by atoms with van der Waals surface area (Å²) in [6.07, 6.45) is 1.82. The van der Waals surface area contributed by atoms with E-state index in [0.717, 1.165) is 30.7 Å². The van der Waals surface area contributed by atoms with Gasteiger partial charge in [0.2, 0.25) is 11.8 Å². The Morgan fingerprint density at radius 2 is 2.13 bits per heavy atom. The fourth-order valence-corrected chi connectivity index (χ4v) is 4.60. The molecule has 10 nitrogen and oxygen atoms in total. The Morgan fingerprint density at radius 1 is 1.37 bits per heavy atom. The van der Waals surface area contributed by atoms with Crippen molar-refractivity contribution in [1.29, 1.82) is 0 Å². The van der Waals surface area contributed by atoms with Gasteiger partial charge in [0.15, 0.2) is 5.82 Å². The number of rotatable bonds is 7. The number of ether oxygens (including phenoxy) is 1. The van der Waals surface area contributed by atoms with Crippen molar-refractivity contribution in [2.75, 3.05) is 31.6 Å². The monoisotopic (exact) mass is 435 g/mol. The van der Waals surface area contributed by atoms with Crippen molar-refractivity contribution >= 4 is 34.1 Å². The molecule has 0 spiro atoms. The Labute approximate surface area is 177 Å². The average Bonchev–Trinajstić information content (AvgIpc) is 3.25. The normalized spacial score (nSPS) is 17.0. The molecule has 3 N–H and O–H groups in total. The number of nitrogens with one attached hydrogen (secondary N) is 1. The molecule has 0 bridgehead atoms. The third-order valence-electron chi connectivity index (χ3n) is 4.87. The van der Waals surface area contributed by atoms with E-state index in [9.17, 15) is 14.4 Å². The van der Waals surface area contributed by atoms with Crippen LogP contribution in [-0.4, -0.2) is 59.1 Å². The van der Waals surface area contributed by atoms with E-state index in [1.165, 1.54) is 0 Å². The number of thiophene rings is 1. The maximum atomic E-state index is 12.7. The van der Waals surface area contributed by atoms with E-state index in [1.807, 2.05) is 4.90 Å². The Bertz CT molecular complexity index is 953. The standard InChI is InChI=1S/C19H25N5O5S/c1-4-28-19(27)14-10(2)15(16(20)26)30-18(14)22-13(25)9-24-7-5-6-12(8-24)17-21-11(3)23-29-17/h12H,4-9H2,1-3H3,(H2,20,26)(H,22,25). The predicted octanol–water partition coefficient (Wildman–Crippen LogP) is 1.84. The molecule has 0 aliphatic carbocycles. The van der Waals surface area contributed by atoms with Gasteiger partial charge in [0.05, 0.1) is 29.5 Å². The topological polar surface area (TPSA) is 141 Å². The molecule has 162 valence electrons. The van der Waals surface area contributed by atoms with Gasteiger partial charge < -0.3 is 20.3 Å². The van der Waals surface area contributed by atoms with Gasteiger partial charge in [-0.05, 0) is 45.7 Å². The fraction of sp³-hybridized carbons (Fsp3) is 0.526. The number of carbonyl (C=O) groups is 3. The number of aromatic nitrogens is 2.